The lowest BCUT2D eigenvalue weighted by Crippen LogP contribution is -2.42. The van der Waals surface area contributed by atoms with E-state index in [0.717, 1.165) is 0 Å². The van der Waals surface area contributed by atoms with E-state index in [0.29, 0.717) is 10.7 Å². The number of halogens is 1. The Morgan fingerprint density at radius 2 is 2.05 bits per heavy atom. The number of nitrogens with zero attached hydrogens (tertiary/aromatic N) is 1. The number of nitrogens with one attached hydrogen (secondary N) is 1. The molecular weight excluding hydrogens is 300 g/mol. The SMILES string of the molecule is CCOC(=O)NC(=O)CN(CC(=O)O)c1cccc(Cl)c1. The van der Waals surface area contributed by atoms with Crippen LogP contribution in [0.4, 0.5) is 10.5 Å². The second-order valence-corrected chi connectivity index (χ2v) is 4.43. The van der Waals surface area contributed by atoms with Crippen LogP contribution < -0.4 is 10.2 Å². The number of rotatable bonds is 6. The van der Waals surface area contributed by atoms with Gasteiger partial charge in [0.2, 0.25) is 5.91 Å². The van der Waals surface area contributed by atoms with E-state index in [9.17, 15) is 14.4 Å². The predicted molar refractivity (Wildman–Crippen MR) is 76.5 cm³/mol. The number of hydrogen-bond acceptors (Lipinski definition) is 5. The fourth-order valence-electron chi connectivity index (χ4n) is 1.57. The van der Waals surface area contributed by atoms with Crippen LogP contribution in [0.25, 0.3) is 0 Å². The van der Waals surface area contributed by atoms with Crippen LogP contribution in [-0.2, 0) is 14.3 Å². The summed E-state index contributed by atoms with van der Waals surface area (Å²) in [6.45, 7) is 1.01. The molecular formula is C13H15ClN2O5. The first-order valence-corrected chi connectivity index (χ1v) is 6.49. The molecule has 0 saturated carbocycles. The number of anilines is 1. The summed E-state index contributed by atoms with van der Waals surface area (Å²) in [5.74, 6) is -1.78. The van der Waals surface area contributed by atoms with Gasteiger partial charge >= 0.3 is 12.1 Å². The molecule has 8 heteroatoms. The van der Waals surface area contributed by atoms with Crippen LogP contribution in [0.1, 0.15) is 6.92 Å². The molecule has 1 aromatic rings. The summed E-state index contributed by atoms with van der Waals surface area (Å²) < 4.78 is 4.57. The standard InChI is InChI=1S/C13H15ClN2O5/c1-2-21-13(20)15-11(17)7-16(8-12(18)19)10-5-3-4-9(14)6-10/h3-6H,2,7-8H2,1H3,(H,18,19)(H,15,17,20). The summed E-state index contributed by atoms with van der Waals surface area (Å²) in [5.41, 5.74) is 0.462. The lowest BCUT2D eigenvalue weighted by Gasteiger charge is -2.22. The van der Waals surface area contributed by atoms with E-state index in [1.165, 1.54) is 11.0 Å². The van der Waals surface area contributed by atoms with Gasteiger partial charge in [-0.2, -0.15) is 0 Å². The maximum absolute atomic E-state index is 11.7. The van der Waals surface area contributed by atoms with Crippen molar-refractivity contribution in [2.24, 2.45) is 0 Å². The number of benzene rings is 1. The van der Waals surface area contributed by atoms with Gasteiger partial charge in [-0.15, -0.1) is 0 Å². The first-order chi connectivity index (χ1) is 9.92. The molecule has 21 heavy (non-hydrogen) atoms. The Hall–Kier alpha value is -2.28. The van der Waals surface area contributed by atoms with E-state index in [1.807, 2.05) is 5.32 Å². The van der Waals surface area contributed by atoms with Crippen molar-refractivity contribution < 1.29 is 24.2 Å². The second-order valence-electron chi connectivity index (χ2n) is 4.00. The molecule has 0 aliphatic carbocycles. The summed E-state index contributed by atoms with van der Waals surface area (Å²) in [7, 11) is 0. The number of carboxylic acid groups (broad SMARTS) is 1. The molecule has 7 nitrogen and oxygen atoms in total. The van der Waals surface area contributed by atoms with E-state index >= 15 is 0 Å². The highest BCUT2D eigenvalue weighted by Crippen LogP contribution is 2.19. The molecule has 0 bridgehead atoms. The summed E-state index contributed by atoms with van der Waals surface area (Å²) in [5, 5.41) is 11.3. The summed E-state index contributed by atoms with van der Waals surface area (Å²) in [6.07, 6.45) is -0.871. The topological polar surface area (TPSA) is 95.9 Å². The maximum Gasteiger partial charge on any atom is 0.413 e. The van der Waals surface area contributed by atoms with Gasteiger partial charge < -0.3 is 14.7 Å². The molecule has 0 heterocycles. The highest BCUT2D eigenvalue weighted by molar-refractivity contribution is 6.30. The summed E-state index contributed by atoms with van der Waals surface area (Å²) in [4.78, 5) is 35.0. The van der Waals surface area contributed by atoms with Crippen LogP contribution in [0.2, 0.25) is 5.02 Å². The highest BCUT2D eigenvalue weighted by Gasteiger charge is 2.17. The molecule has 2 amide bonds. The Kier molecular flexibility index (Phi) is 6.48. The molecule has 2 N–H and O–H groups in total. The first kappa shape index (κ1) is 16.8. The molecule has 0 fully saturated rings. The van der Waals surface area contributed by atoms with Crippen molar-refractivity contribution in [1.82, 2.24) is 5.32 Å². The normalized spacial score (nSPS) is 9.81. The van der Waals surface area contributed by atoms with Crippen LogP contribution >= 0.6 is 11.6 Å². The molecule has 114 valence electrons. The number of hydrogen-bond donors (Lipinski definition) is 2. The van der Waals surface area contributed by atoms with Crippen molar-refractivity contribution in [3.05, 3.63) is 29.3 Å². The fraction of sp³-hybridized carbons (Fsp3) is 0.308. The van der Waals surface area contributed by atoms with Crippen molar-refractivity contribution >= 4 is 35.3 Å². The van der Waals surface area contributed by atoms with E-state index in [4.69, 9.17) is 16.7 Å². The van der Waals surface area contributed by atoms with Gasteiger partial charge in [0.15, 0.2) is 0 Å². The van der Waals surface area contributed by atoms with E-state index in [1.54, 1.807) is 25.1 Å². The van der Waals surface area contributed by atoms with Gasteiger partial charge in [-0.25, -0.2) is 4.79 Å². The van der Waals surface area contributed by atoms with Gasteiger partial charge in [0, 0.05) is 10.7 Å². The number of imide groups is 1. The molecule has 1 rings (SSSR count). The number of carboxylic acids is 1. The molecule has 0 aromatic heterocycles. The molecule has 0 spiro atoms. The fourth-order valence-corrected chi connectivity index (χ4v) is 1.75. The number of ether oxygens (including phenoxy) is 1. The number of carbonyl (C=O) groups excluding carboxylic acids is 2. The quantitative estimate of drug-likeness (QED) is 0.826. The molecule has 1 aromatic carbocycles. The zero-order valence-corrected chi connectivity index (χ0v) is 12.1. The van der Waals surface area contributed by atoms with Crippen molar-refractivity contribution in [1.29, 1.82) is 0 Å². The van der Waals surface area contributed by atoms with Crippen LogP contribution in [0.15, 0.2) is 24.3 Å². The third-order valence-electron chi connectivity index (χ3n) is 2.35. The Bertz CT molecular complexity index is 535. The molecule has 0 unspecified atom stereocenters. The van der Waals surface area contributed by atoms with Gasteiger partial charge in [-0.05, 0) is 25.1 Å². The van der Waals surface area contributed by atoms with E-state index in [-0.39, 0.29) is 13.2 Å². The highest BCUT2D eigenvalue weighted by atomic mass is 35.5. The largest absolute Gasteiger partial charge is 0.480 e. The Labute approximate surface area is 126 Å². The Morgan fingerprint density at radius 3 is 2.62 bits per heavy atom. The molecule has 0 saturated heterocycles. The molecule has 0 atom stereocenters. The smallest absolute Gasteiger partial charge is 0.413 e. The third kappa shape index (κ3) is 6.13. The average molecular weight is 315 g/mol. The second kappa shape index (κ2) is 8.11. The summed E-state index contributed by atoms with van der Waals surface area (Å²) in [6, 6.07) is 6.41. The van der Waals surface area contributed by atoms with Gasteiger partial charge in [0.25, 0.3) is 0 Å². The van der Waals surface area contributed by atoms with Gasteiger partial charge in [-0.1, -0.05) is 17.7 Å². The van der Waals surface area contributed by atoms with Crippen LogP contribution in [0, 0.1) is 0 Å². The molecule has 0 aliphatic rings. The van der Waals surface area contributed by atoms with Crippen molar-refractivity contribution in [3.8, 4) is 0 Å². The van der Waals surface area contributed by atoms with Crippen molar-refractivity contribution in [3.63, 3.8) is 0 Å². The zero-order valence-electron chi connectivity index (χ0n) is 11.3. The van der Waals surface area contributed by atoms with Crippen LogP contribution in [0.3, 0.4) is 0 Å². The number of aliphatic carboxylic acids is 1. The van der Waals surface area contributed by atoms with Crippen molar-refractivity contribution in [2.45, 2.75) is 6.92 Å². The minimum absolute atomic E-state index is 0.131. The minimum atomic E-state index is -1.11. The lowest BCUT2D eigenvalue weighted by molar-refractivity contribution is -0.135. The van der Waals surface area contributed by atoms with E-state index in [2.05, 4.69) is 4.74 Å². The van der Waals surface area contributed by atoms with Crippen LogP contribution in [-0.4, -0.2) is 42.8 Å². The molecule has 0 aliphatic heterocycles. The van der Waals surface area contributed by atoms with Crippen LogP contribution in [0.5, 0.6) is 0 Å². The average Bonchev–Trinajstić information content (AvgIpc) is 2.37. The van der Waals surface area contributed by atoms with Crippen molar-refractivity contribution in [2.75, 3.05) is 24.6 Å². The predicted octanol–water partition coefficient (Wildman–Crippen LogP) is 1.50. The molecule has 0 radical (unpaired) electrons. The third-order valence-corrected chi connectivity index (χ3v) is 2.59. The maximum atomic E-state index is 11.7. The zero-order chi connectivity index (χ0) is 15.8. The first-order valence-electron chi connectivity index (χ1n) is 6.11. The summed E-state index contributed by atoms with van der Waals surface area (Å²) >= 11 is 5.84. The van der Waals surface area contributed by atoms with E-state index < -0.39 is 24.5 Å². The van der Waals surface area contributed by atoms with Gasteiger partial charge in [0.1, 0.15) is 6.54 Å². The Balaban J connectivity index is 2.77. The number of amides is 2. The van der Waals surface area contributed by atoms with Gasteiger partial charge in [0.05, 0.1) is 13.2 Å². The Morgan fingerprint density at radius 1 is 1.33 bits per heavy atom. The minimum Gasteiger partial charge on any atom is -0.480 e. The number of alkyl carbamates (subject to hydrolysis) is 1. The lowest BCUT2D eigenvalue weighted by atomic mass is 10.2. The number of carbonyl (C=O) groups is 3. The monoisotopic (exact) mass is 314 g/mol. The van der Waals surface area contributed by atoms with Gasteiger partial charge in [-0.3, -0.25) is 14.9 Å².